The molecule has 17 heavy (non-hydrogen) atoms. The molecule has 1 aromatic carbocycles. The lowest BCUT2D eigenvalue weighted by atomic mass is 9.87. The van der Waals surface area contributed by atoms with Crippen LogP contribution in [0.5, 0.6) is 5.75 Å². The van der Waals surface area contributed by atoms with Crippen molar-refractivity contribution < 1.29 is 4.74 Å². The lowest BCUT2D eigenvalue weighted by molar-refractivity contribution is 0.133. The number of hydrogen-bond donors (Lipinski definition) is 1. The standard InChI is InChI=1S/C13H18ClNO.ClH/c14-11-3-7-13(8-4-11)16-12-5-1-10(9-15)2-6-12;/h3-4,7-8,10,12H,1-2,5-6,9,15H2;1H. The van der Waals surface area contributed by atoms with Gasteiger partial charge in [-0.15, -0.1) is 12.4 Å². The minimum atomic E-state index is 0. The van der Waals surface area contributed by atoms with Gasteiger partial charge in [0.25, 0.3) is 0 Å². The Morgan fingerprint density at radius 2 is 1.71 bits per heavy atom. The van der Waals surface area contributed by atoms with Crippen LogP contribution in [0.1, 0.15) is 25.7 Å². The molecule has 0 bridgehead atoms. The maximum Gasteiger partial charge on any atom is 0.119 e. The smallest absolute Gasteiger partial charge is 0.119 e. The van der Waals surface area contributed by atoms with Crippen LogP contribution in [0, 0.1) is 5.92 Å². The van der Waals surface area contributed by atoms with E-state index in [-0.39, 0.29) is 12.4 Å². The minimum Gasteiger partial charge on any atom is -0.490 e. The first kappa shape index (κ1) is 14.6. The van der Waals surface area contributed by atoms with Crippen molar-refractivity contribution in [3.63, 3.8) is 0 Å². The molecular formula is C13H19Cl2NO. The number of benzene rings is 1. The topological polar surface area (TPSA) is 35.2 Å². The van der Waals surface area contributed by atoms with E-state index in [1.807, 2.05) is 24.3 Å². The van der Waals surface area contributed by atoms with Gasteiger partial charge in [0.15, 0.2) is 0 Å². The zero-order valence-electron chi connectivity index (χ0n) is 9.77. The average molecular weight is 276 g/mol. The summed E-state index contributed by atoms with van der Waals surface area (Å²) in [5.41, 5.74) is 5.66. The van der Waals surface area contributed by atoms with Crippen LogP contribution < -0.4 is 10.5 Å². The second kappa shape index (κ2) is 7.10. The zero-order chi connectivity index (χ0) is 11.4. The van der Waals surface area contributed by atoms with Gasteiger partial charge in [-0.2, -0.15) is 0 Å². The van der Waals surface area contributed by atoms with Gasteiger partial charge < -0.3 is 10.5 Å². The van der Waals surface area contributed by atoms with E-state index >= 15 is 0 Å². The van der Waals surface area contributed by atoms with Crippen molar-refractivity contribution in [3.8, 4) is 5.75 Å². The lowest BCUT2D eigenvalue weighted by Crippen LogP contribution is -2.27. The van der Waals surface area contributed by atoms with Gasteiger partial charge in [-0.05, 0) is 62.4 Å². The molecule has 0 aliphatic heterocycles. The fraction of sp³-hybridized carbons (Fsp3) is 0.538. The van der Waals surface area contributed by atoms with Crippen LogP contribution in [0.4, 0.5) is 0 Å². The Balaban J connectivity index is 0.00000144. The summed E-state index contributed by atoms with van der Waals surface area (Å²) < 4.78 is 5.90. The Hall–Kier alpha value is -0.440. The van der Waals surface area contributed by atoms with Crippen LogP contribution in [0.3, 0.4) is 0 Å². The van der Waals surface area contributed by atoms with Crippen molar-refractivity contribution in [1.82, 2.24) is 0 Å². The molecule has 0 radical (unpaired) electrons. The van der Waals surface area contributed by atoms with Gasteiger partial charge in [-0.25, -0.2) is 0 Å². The van der Waals surface area contributed by atoms with Crippen LogP contribution in [0.15, 0.2) is 24.3 Å². The maximum absolute atomic E-state index is 5.90. The van der Waals surface area contributed by atoms with Gasteiger partial charge in [0, 0.05) is 5.02 Å². The third kappa shape index (κ3) is 4.38. The highest BCUT2D eigenvalue weighted by molar-refractivity contribution is 6.30. The van der Waals surface area contributed by atoms with E-state index < -0.39 is 0 Å². The first-order valence-corrected chi connectivity index (χ1v) is 6.28. The average Bonchev–Trinajstić information content (AvgIpc) is 2.33. The molecule has 2 N–H and O–H groups in total. The molecule has 1 aromatic rings. The molecule has 0 saturated heterocycles. The van der Waals surface area contributed by atoms with Crippen molar-refractivity contribution in [2.24, 2.45) is 11.7 Å². The number of hydrogen-bond acceptors (Lipinski definition) is 2. The molecular weight excluding hydrogens is 257 g/mol. The number of rotatable bonds is 3. The van der Waals surface area contributed by atoms with Crippen molar-refractivity contribution >= 4 is 24.0 Å². The van der Waals surface area contributed by atoms with Crippen LogP contribution in [0.25, 0.3) is 0 Å². The van der Waals surface area contributed by atoms with Gasteiger partial charge in [-0.1, -0.05) is 11.6 Å². The fourth-order valence-corrected chi connectivity index (χ4v) is 2.32. The highest BCUT2D eigenvalue weighted by Gasteiger charge is 2.21. The summed E-state index contributed by atoms with van der Waals surface area (Å²) in [4.78, 5) is 0. The summed E-state index contributed by atoms with van der Waals surface area (Å²) in [5, 5.41) is 0.749. The highest BCUT2D eigenvalue weighted by Crippen LogP contribution is 2.27. The number of ether oxygens (including phenoxy) is 1. The molecule has 1 fully saturated rings. The largest absolute Gasteiger partial charge is 0.490 e. The Morgan fingerprint density at radius 1 is 1.12 bits per heavy atom. The Labute approximate surface area is 114 Å². The Kier molecular flexibility index (Phi) is 6.10. The van der Waals surface area contributed by atoms with Crippen LogP contribution >= 0.6 is 24.0 Å². The summed E-state index contributed by atoms with van der Waals surface area (Å²) in [5.74, 6) is 1.62. The molecule has 0 atom stereocenters. The van der Waals surface area contributed by atoms with E-state index in [4.69, 9.17) is 22.1 Å². The molecule has 1 aliphatic carbocycles. The third-order valence-electron chi connectivity index (χ3n) is 3.24. The van der Waals surface area contributed by atoms with Gasteiger partial charge in [0.1, 0.15) is 5.75 Å². The van der Waals surface area contributed by atoms with E-state index in [2.05, 4.69) is 0 Å². The van der Waals surface area contributed by atoms with E-state index in [0.717, 1.165) is 30.2 Å². The second-order valence-electron chi connectivity index (χ2n) is 4.45. The molecule has 0 amide bonds. The quantitative estimate of drug-likeness (QED) is 0.914. The van der Waals surface area contributed by atoms with Gasteiger partial charge in [-0.3, -0.25) is 0 Å². The minimum absolute atomic E-state index is 0. The van der Waals surface area contributed by atoms with Crippen molar-refractivity contribution in [2.45, 2.75) is 31.8 Å². The molecule has 2 rings (SSSR count). The monoisotopic (exact) mass is 275 g/mol. The predicted molar refractivity (Wildman–Crippen MR) is 74.1 cm³/mol. The lowest BCUT2D eigenvalue weighted by Gasteiger charge is -2.28. The van der Waals surface area contributed by atoms with Crippen molar-refractivity contribution in [1.29, 1.82) is 0 Å². The molecule has 0 spiro atoms. The van der Waals surface area contributed by atoms with E-state index in [1.165, 1.54) is 12.8 Å². The first-order valence-electron chi connectivity index (χ1n) is 5.90. The Bertz CT molecular complexity index is 321. The Morgan fingerprint density at radius 3 is 2.24 bits per heavy atom. The van der Waals surface area contributed by atoms with Gasteiger partial charge >= 0.3 is 0 Å². The van der Waals surface area contributed by atoms with Crippen LogP contribution in [-0.2, 0) is 0 Å². The van der Waals surface area contributed by atoms with Gasteiger partial charge in [0.2, 0.25) is 0 Å². The normalized spacial score (nSPS) is 23.9. The molecule has 0 aromatic heterocycles. The second-order valence-corrected chi connectivity index (χ2v) is 4.89. The zero-order valence-corrected chi connectivity index (χ0v) is 11.3. The van der Waals surface area contributed by atoms with Gasteiger partial charge in [0.05, 0.1) is 6.10 Å². The third-order valence-corrected chi connectivity index (χ3v) is 3.50. The summed E-state index contributed by atoms with van der Waals surface area (Å²) >= 11 is 5.82. The van der Waals surface area contributed by atoms with Crippen molar-refractivity contribution in [2.75, 3.05) is 6.54 Å². The summed E-state index contributed by atoms with van der Waals surface area (Å²) in [6.07, 6.45) is 4.96. The molecule has 4 heteroatoms. The molecule has 0 unspecified atom stereocenters. The highest BCUT2D eigenvalue weighted by atomic mass is 35.5. The van der Waals surface area contributed by atoms with Crippen LogP contribution in [0.2, 0.25) is 5.02 Å². The van der Waals surface area contributed by atoms with E-state index in [0.29, 0.717) is 12.0 Å². The molecule has 1 saturated carbocycles. The van der Waals surface area contributed by atoms with E-state index in [9.17, 15) is 0 Å². The molecule has 96 valence electrons. The molecule has 0 heterocycles. The fourth-order valence-electron chi connectivity index (χ4n) is 2.19. The van der Waals surface area contributed by atoms with Crippen LogP contribution in [-0.4, -0.2) is 12.6 Å². The summed E-state index contributed by atoms with van der Waals surface area (Å²) in [6.45, 7) is 0.813. The maximum atomic E-state index is 5.90. The van der Waals surface area contributed by atoms with Crippen molar-refractivity contribution in [3.05, 3.63) is 29.3 Å². The summed E-state index contributed by atoms with van der Waals surface area (Å²) in [6, 6.07) is 7.58. The first-order chi connectivity index (χ1) is 7.78. The number of halogens is 2. The SMILES string of the molecule is Cl.NCC1CCC(Oc2ccc(Cl)cc2)CC1. The predicted octanol–water partition coefficient (Wildman–Crippen LogP) is 3.66. The molecule has 1 aliphatic rings. The molecule has 2 nitrogen and oxygen atoms in total. The summed E-state index contributed by atoms with van der Waals surface area (Å²) in [7, 11) is 0. The number of nitrogens with two attached hydrogens (primary N) is 1. The van der Waals surface area contributed by atoms with E-state index in [1.54, 1.807) is 0 Å².